The molecule has 0 atom stereocenters. The molecule has 0 saturated heterocycles. The van der Waals surface area contributed by atoms with Gasteiger partial charge in [-0.25, -0.2) is 13.5 Å². The number of nitrogens with zero attached hydrogens (tertiary/aromatic N) is 2. The van der Waals surface area contributed by atoms with Crippen LogP contribution in [-0.4, -0.2) is 32.9 Å². The summed E-state index contributed by atoms with van der Waals surface area (Å²) >= 11 is 0. The number of anilines is 1. The molecular weight excluding hydrogens is 438 g/mol. The van der Waals surface area contributed by atoms with Gasteiger partial charge in [0.1, 0.15) is 5.69 Å². The molecule has 1 aromatic heterocycles. The normalized spacial score (nSPS) is 24.0. The predicted octanol–water partition coefficient (Wildman–Crippen LogP) is 4.43. The van der Waals surface area contributed by atoms with Crippen molar-refractivity contribution in [3.8, 4) is 5.69 Å². The zero-order valence-corrected chi connectivity index (χ0v) is 20.0. The third kappa shape index (κ3) is 4.44. The van der Waals surface area contributed by atoms with Gasteiger partial charge in [0.15, 0.2) is 11.6 Å². The van der Waals surface area contributed by atoms with Crippen molar-refractivity contribution in [2.45, 2.75) is 90.2 Å². The summed E-state index contributed by atoms with van der Waals surface area (Å²) in [6, 6.07) is 0.897. The number of halogens is 2. The summed E-state index contributed by atoms with van der Waals surface area (Å²) in [5, 5.41) is 17.7. The molecule has 0 spiro atoms. The Kier molecular flexibility index (Phi) is 5.91. The van der Waals surface area contributed by atoms with Crippen LogP contribution >= 0.6 is 0 Å². The Labute approximate surface area is 198 Å². The van der Waals surface area contributed by atoms with Gasteiger partial charge in [0.05, 0.1) is 23.0 Å². The Balaban J connectivity index is 1.61. The molecule has 4 N–H and O–H groups in total. The number of hydrogen-bond acceptors (Lipinski definition) is 4. The van der Waals surface area contributed by atoms with Crippen LogP contribution in [0.5, 0.6) is 0 Å². The van der Waals surface area contributed by atoms with Crippen LogP contribution in [0.3, 0.4) is 0 Å². The van der Waals surface area contributed by atoms with Gasteiger partial charge in [-0.15, -0.1) is 0 Å². The summed E-state index contributed by atoms with van der Waals surface area (Å²) in [4.78, 5) is 12.1. The standard InChI is InChI=1S/C26H34F2N4O2/c1-26(2)10-9-17-20(11-14-3-4-14)31-32(21(17)13-26)24-19(27)12-18(25(29)34)23(22(24)28)30-15-5-7-16(33)8-6-15/h12,14-16,30,33H,3-11,13H2,1-2H3,(H2,29,34)/t15-,16-. The van der Waals surface area contributed by atoms with E-state index in [1.165, 1.54) is 17.5 Å². The van der Waals surface area contributed by atoms with Crippen LogP contribution in [0.4, 0.5) is 14.5 Å². The number of aliphatic hydroxyl groups is 1. The summed E-state index contributed by atoms with van der Waals surface area (Å²) in [7, 11) is 0. The van der Waals surface area contributed by atoms with Crippen molar-refractivity contribution in [1.82, 2.24) is 9.78 Å². The third-order valence-electron chi connectivity index (χ3n) is 7.77. The molecule has 0 bridgehead atoms. The van der Waals surface area contributed by atoms with Crippen LogP contribution in [0.1, 0.15) is 86.1 Å². The molecule has 1 aromatic carbocycles. The van der Waals surface area contributed by atoms with Crippen molar-refractivity contribution in [2.75, 3.05) is 5.32 Å². The average Bonchev–Trinajstić information content (AvgIpc) is 3.52. The highest BCUT2D eigenvalue weighted by Crippen LogP contribution is 2.41. The van der Waals surface area contributed by atoms with Gasteiger partial charge >= 0.3 is 0 Å². The van der Waals surface area contributed by atoms with E-state index in [2.05, 4.69) is 19.2 Å². The van der Waals surface area contributed by atoms with E-state index in [-0.39, 0.29) is 34.5 Å². The molecule has 34 heavy (non-hydrogen) atoms. The molecule has 8 heteroatoms. The molecular formula is C26H34F2N4O2. The zero-order chi connectivity index (χ0) is 24.2. The van der Waals surface area contributed by atoms with E-state index in [4.69, 9.17) is 10.8 Å². The number of nitrogens with one attached hydrogen (secondary N) is 1. The van der Waals surface area contributed by atoms with E-state index in [1.807, 2.05) is 0 Å². The van der Waals surface area contributed by atoms with Gasteiger partial charge < -0.3 is 16.2 Å². The summed E-state index contributed by atoms with van der Waals surface area (Å²) in [6.45, 7) is 4.34. The van der Waals surface area contributed by atoms with Crippen LogP contribution in [0.2, 0.25) is 0 Å². The average molecular weight is 473 g/mol. The largest absolute Gasteiger partial charge is 0.393 e. The van der Waals surface area contributed by atoms with E-state index < -0.39 is 17.5 Å². The molecule has 184 valence electrons. The minimum Gasteiger partial charge on any atom is -0.393 e. The Morgan fingerprint density at radius 2 is 1.94 bits per heavy atom. The fourth-order valence-corrected chi connectivity index (χ4v) is 5.52. The smallest absolute Gasteiger partial charge is 0.251 e. The molecule has 3 aliphatic carbocycles. The summed E-state index contributed by atoms with van der Waals surface area (Å²) < 4.78 is 33.0. The second kappa shape index (κ2) is 8.63. The lowest BCUT2D eigenvalue weighted by Crippen LogP contribution is -2.30. The lowest BCUT2D eigenvalue weighted by Gasteiger charge is -2.31. The van der Waals surface area contributed by atoms with Gasteiger partial charge in [-0.05, 0) is 87.2 Å². The molecule has 5 rings (SSSR count). The maximum atomic E-state index is 16.1. The molecule has 1 amide bonds. The van der Waals surface area contributed by atoms with E-state index in [0.717, 1.165) is 42.3 Å². The fraction of sp³-hybridized carbons (Fsp3) is 0.615. The first-order chi connectivity index (χ1) is 16.1. The molecule has 0 unspecified atom stereocenters. The highest BCUT2D eigenvalue weighted by Gasteiger charge is 2.35. The van der Waals surface area contributed by atoms with Crippen LogP contribution in [-0.2, 0) is 19.3 Å². The first-order valence-electron chi connectivity index (χ1n) is 12.5. The molecule has 3 aliphatic rings. The van der Waals surface area contributed by atoms with Crippen molar-refractivity contribution >= 4 is 11.6 Å². The van der Waals surface area contributed by atoms with Crippen molar-refractivity contribution < 1.29 is 18.7 Å². The number of aliphatic hydroxyl groups excluding tert-OH is 1. The van der Waals surface area contributed by atoms with E-state index in [0.29, 0.717) is 38.0 Å². The first kappa shape index (κ1) is 23.3. The van der Waals surface area contributed by atoms with Crippen LogP contribution in [0, 0.1) is 23.0 Å². The number of rotatable bonds is 6. The number of carbonyl (C=O) groups is 1. The lowest BCUT2D eigenvalue weighted by atomic mass is 9.76. The number of primary amides is 1. The van der Waals surface area contributed by atoms with Gasteiger partial charge in [-0.1, -0.05) is 13.8 Å². The summed E-state index contributed by atoms with van der Waals surface area (Å²) in [5.41, 5.74) is 7.92. The van der Waals surface area contributed by atoms with Crippen LogP contribution in [0.25, 0.3) is 5.69 Å². The second-order valence-electron chi connectivity index (χ2n) is 11.2. The molecule has 6 nitrogen and oxygen atoms in total. The van der Waals surface area contributed by atoms with Gasteiger partial charge in [-0.2, -0.15) is 5.10 Å². The monoisotopic (exact) mass is 472 g/mol. The van der Waals surface area contributed by atoms with Crippen molar-refractivity contribution in [3.05, 3.63) is 40.2 Å². The molecule has 2 saturated carbocycles. The second-order valence-corrected chi connectivity index (χ2v) is 11.2. The summed E-state index contributed by atoms with van der Waals surface area (Å²) in [5.74, 6) is -1.97. The lowest BCUT2D eigenvalue weighted by molar-refractivity contribution is 0.0999. The predicted molar refractivity (Wildman–Crippen MR) is 126 cm³/mol. The summed E-state index contributed by atoms with van der Waals surface area (Å²) in [6.07, 6.45) is 7.79. The minimum absolute atomic E-state index is 0.00572. The maximum absolute atomic E-state index is 16.1. The van der Waals surface area contributed by atoms with E-state index in [9.17, 15) is 9.90 Å². The number of fused-ring (bicyclic) bond motifs is 1. The number of carbonyl (C=O) groups excluding carboxylic acids is 1. The highest BCUT2D eigenvalue weighted by molar-refractivity contribution is 5.99. The Morgan fingerprint density at radius 1 is 1.24 bits per heavy atom. The van der Waals surface area contributed by atoms with Gasteiger partial charge in [0.2, 0.25) is 0 Å². The number of hydrogen-bond donors (Lipinski definition) is 3. The van der Waals surface area contributed by atoms with Gasteiger partial charge in [-0.3, -0.25) is 4.79 Å². The number of benzene rings is 1. The highest BCUT2D eigenvalue weighted by atomic mass is 19.1. The first-order valence-corrected chi connectivity index (χ1v) is 12.5. The van der Waals surface area contributed by atoms with Crippen LogP contribution < -0.4 is 11.1 Å². The fourth-order valence-electron chi connectivity index (χ4n) is 5.52. The van der Waals surface area contributed by atoms with E-state index >= 15 is 8.78 Å². The Bertz CT molecular complexity index is 1110. The van der Waals surface area contributed by atoms with Gasteiger partial charge in [0.25, 0.3) is 5.91 Å². The zero-order valence-electron chi connectivity index (χ0n) is 20.0. The van der Waals surface area contributed by atoms with Crippen molar-refractivity contribution in [2.24, 2.45) is 17.1 Å². The molecule has 0 aliphatic heterocycles. The minimum atomic E-state index is -0.888. The molecule has 2 fully saturated rings. The number of nitrogens with two attached hydrogens (primary N) is 1. The van der Waals surface area contributed by atoms with Crippen molar-refractivity contribution in [3.63, 3.8) is 0 Å². The number of aromatic nitrogens is 2. The molecule has 2 aromatic rings. The maximum Gasteiger partial charge on any atom is 0.251 e. The Hall–Kier alpha value is -2.48. The quantitative estimate of drug-likeness (QED) is 0.580. The number of amides is 1. The Morgan fingerprint density at radius 3 is 2.59 bits per heavy atom. The van der Waals surface area contributed by atoms with Crippen molar-refractivity contribution in [1.29, 1.82) is 0 Å². The SMILES string of the molecule is CC1(C)CCc2c(CC3CC3)nn(-c3c(F)cc(C(N)=O)c(N[C@H]4CC[C@H](O)CC4)c3F)c2C1. The van der Waals surface area contributed by atoms with E-state index in [1.54, 1.807) is 0 Å². The third-order valence-corrected chi connectivity index (χ3v) is 7.77. The topological polar surface area (TPSA) is 93.2 Å². The van der Waals surface area contributed by atoms with Gasteiger partial charge in [0, 0.05) is 11.7 Å². The van der Waals surface area contributed by atoms with Crippen LogP contribution in [0.15, 0.2) is 6.07 Å². The molecule has 0 radical (unpaired) electrons. The molecule has 1 heterocycles.